The molecule has 2 aromatic carbocycles. The molecule has 8 heteroatoms. The lowest BCUT2D eigenvalue weighted by Gasteiger charge is -2.30. The normalized spacial score (nSPS) is 17.6. The second kappa shape index (κ2) is 10.5. The number of nitrogens with one attached hydrogen (secondary N) is 2. The predicted octanol–water partition coefficient (Wildman–Crippen LogP) is 4.43. The van der Waals surface area contributed by atoms with Crippen molar-refractivity contribution >= 4 is 17.5 Å². The van der Waals surface area contributed by atoms with Gasteiger partial charge in [0.1, 0.15) is 11.6 Å². The fourth-order valence-corrected chi connectivity index (χ4v) is 4.75. The molecule has 0 aliphatic heterocycles. The quantitative estimate of drug-likeness (QED) is 0.443. The summed E-state index contributed by atoms with van der Waals surface area (Å²) >= 11 is 1.06. The SMILES string of the molecule is CCc1ccc2c(c1)C(NCC(O)C(Cc1cc(F)cc(F)c1)Nc1cnsn1)CCC2. The lowest BCUT2D eigenvalue weighted by molar-refractivity contribution is 0.143. The molecular formula is C24H28F2N4OS. The highest BCUT2D eigenvalue weighted by atomic mass is 32.1. The van der Waals surface area contributed by atoms with E-state index in [0.29, 0.717) is 17.9 Å². The zero-order chi connectivity index (χ0) is 22.5. The van der Waals surface area contributed by atoms with Crippen molar-refractivity contribution in [2.45, 2.75) is 57.2 Å². The van der Waals surface area contributed by atoms with Gasteiger partial charge in [-0.05, 0) is 66.5 Å². The van der Waals surface area contributed by atoms with Crippen molar-refractivity contribution < 1.29 is 13.9 Å². The van der Waals surface area contributed by atoms with E-state index in [1.807, 2.05) is 0 Å². The molecule has 170 valence electrons. The maximum Gasteiger partial charge on any atom is 0.160 e. The van der Waals surface area contributed by atoms with Crippen LogP contribution in [0.1, 0.15) is 48.1 Å². The third-order valence-corrected chi connectivity index (χ3v) is 6.52. The van der Waals surface area contributed by atoms with Crippen LogP contribution >= 0.6 is 11.7 Å². The molecule has 4 rings (SSSR count). The summed E-state index contributed by atoms with van der Waals surface area (Å²) in [6.07, 6.45) is 5.19. The molecular weight excluding hydrogens is 430 g/mol. The van der Waals surface area contributed by atoms with Crippen LogP contribution in [0.15, 0.2) is 42.6 Å². The third kappa shape index (κ3) is 5.68. The van der Waals surface area contributed by atoms with Gasteiger partial charge in [-0.1, -0.05) is 25.1 Å². The predicted molar refractivity (Wildman–Crippen MR) is 123 cm³/mol. The first-order chi connectivity index (χ1) is 15.5. The van der Waals surface area contributed by atoms with Crippen LogP contribution in [0.5, 0.6) is 0 Å². The lowest BCUT2D eigenvalue weighted by atomic mass is 9.86. The maximum absolute atomic E-state index is 13.7. The first-order valence-corrected chi connectivity index (χ1v) is 11.8. The first-order valence-electron chi connectivity index (χ1n) is 11.0. The minimum Gasteiger partial charge on any atom is -0.390 e. The topological polar surface area (TPSA) is 70.1 Å². The molecule has 0 amide bonds. The molecule has 1 heterocycles. The van der Waals surface area contributed by atoms with Gasteiger partial charge in [-0.25, -0.2) is 8.78 Å². The molecule has 3 unspecified atom stereocenters. The van der Waals surface area contributed by atoms with Crippen LogP contribution in [-0.2, 0) is 19.3 Å². The molecule has 0 fully saturated rings. The van der Waals surface area contributed by atoms with E-state index >= 15 is 0 Å². The molecule has 0 spiro atoms. The van der Waals surface area contributed by atoms with E-state index in [4.69, 9.17) is 0 Å². The monoisotopic (exact) mass is 458 g/mol. The van der Waals surface area contributed by atoms with Crippen molar-refractivity contribution in [3.63, 3.8) is 0 Å². The number of aliphatic hydroxyl groups is 1. The second-order valence-electron chi connectivity index (χ2n) is 8.33. The lowest BCUT2D eigenvalue weighted by Crippen LogP contribution is -2.43. The Hall–Kier alpha value is -2.42. The molecule has 0 saturated carbocycles. The number of aromatic nitrogens is 2. The number of nitrogens with zero attached hydrogens (tertiary/aromatic N) is 2. The van der Waals surface area contributed by atoms with Gasteiger partial charge >= 0.3 is 0 Å². The second-order valence-corrected chi connectivity index (χ2v) is 8.89. The molecule has 1 aromatic heterocycles. The van der Waals surface area contributed by atoms with Crippen LogP contribution in [-0.4, -0.2) is 32.5 Å². The molecule has 1 aliphatic carbocycles. The van der Waals surface area contributed by atoms with Gasteiger partial charge in [0.2, 0.25) is 0 Å². The minimum absolute atomic E-state index is 0.174. The van der Waals surface area contributed by atoms with Gasteiger partial charge in [0.15, 0.2) is 5.82 Å². The smallest absolute Gasteiger partial charge is 0.160 e. The van der Waals surface area contributed by atoms with Crippen molar-refractivity contribution in [3.05, 3.63) is 76.5 Å². The van der Waals surface area contributed by atoms with E-state index in [1.54, 1.807) is 6.20 Å². The molecule has 0 bridgehead atoms. The minimum atomic E-state index is -0.803. The third-order valence-electron chi connectivity index (χ3n) is 6.04. The fraction of sp³-hybridized carbons (Fsp3) is 0.417. The summed E-state index contributed by atoms with van der Waals surface area (Å²) in [4.78, 5) is 0. The molecule has 3 N–H and O–H groups in total. The van der Waals surface area contributed by atoms with Crippen LogP contribution in [0.3, 0.4) is 0 Å². The summed E-state index contributed by atoms with van der Waals surface area (Å²) in [5.74, 6) is -0.731. The van der Waals surface area contributed by atoms with E-state index in [0.717, 1.165) is 43.5 Å². The maximum atomic E-state index is 13.7. The van der Waals surface area contributed by atoms with Crippen LogP contribution < -0.4 is 10.6 Å². The summed E-state index contributed by atoms with van der Waals surface area (Å²) in [6.45, 7) is 2.49. The Morgan fingerprint density at radius 2 is 1.97 bits per heavy atom. The molecule has 0 saturated heterocycles. The van der Waals surface area contributed by atoms with Crippen LogP contribution in [0.2, 0.25) is 0 Å². The number of hydrogen-bond acceptors (Lipinski definition) is 6. The number of rotatable bonds is 9. The number of fused-ring (bicyclic) bond motifs is 1. The van der Waals surface area contributed by atoms with Crippen molar-refractivity contribution in [1.29, 1.82) is 0 Å². The van der Waals surface area contributed by atoms with Gasteiger partial charge in [-0.2, -0.15) is 8.75 Å². The Morgan fingerprint density at radius 3 is 2.69 bits per heavy atom. The summed E-state index contributed by atoms with van der Waals surface area (Å²) in [6, 6.07) is 9.80. The van der Waals surface area contributed by atoms with Crippen LogP contribution in [0.25, 0.3) is 0 Å². The van der Waals surface area contributed by atoms with Gasteiger partial charge in [0.25, 0.3) is 0 Å². The van der Waals surface area contributed by atoms with E-state index < -0.39 is 23.8 Å². The highest BCUT2D eigenvalue weighted by Gasteiger charge is 2.25. The number of benzene rings is 2. The number of hydrogen-bond donors (Lipinski definition) is 3. The van der Waals surface area contributed by atoms with Gasteiger partial charge in [0.05, 0.1) is 30.1 Å². The zero-order valence-electron chi connectivity index (χ0n) is 18.0. The molecule has 1 aliphatic rings. The summed E-state index contributed by atoms with van der Waals surface area (Å²) in [5, 5.41) is 17.7. The average molecular weight is 459 g/mol. The standard InChI is InChI=1S/C24H28F2N4OS/c1-2-15-6-7-17-4-3-5-21(20(17)10-15)27-13-23(31)22(29-24-14-28-32-30-24)11-16-8-18(25)12-19(26)9-16/h6-10,12,14,21-23,27,31H,2-5,11,13H2,1H3,(H,29,30). The van der Waals surface area contributed by atoms with E-state index in [2.05, 4.69) is 44.5 Å². The molecule has 3 atom stereocenters. The highest BCUT2D eigenvalue weighted by molar-refractivity contribution is 6.99. The number of aliphatic hydroxyl groups excluding tert-OH is 1. The van der Waals surface area contributed by atoms with Gasteiger partial charge in [0, 0.05) is 18.7 Å². The van der Waals surface area contributed by atoms with Crippen molar-refractivity contribution in [1.82, 2.24) is 14.1 Å². The zero-order valence-corrected chi connectivity index (χ0v) is 18.8. The largest absolute Gasteiger partial charge is 0.390 e. The summed E-state index contributed by atoms with van der Waals surface area (Å²) in [7, 11) is 0. The molecule has 5 nitrogen and oxygen atoms in total. The van der Waals surface area contributed by atoms with Crippen LogP contribution in [0.4, 0.5) is 14.6 Å². The Balaban J connectivity index is 1.47. The molecule has 0 radical (unpaired) electrons. The Kier molecular flexibility index (Phi) is 7.44. The van der Waals surface area contributed by atoms with Crippen molar-refractivity contribution in [2.75, 3.05) is 11.9 Å². The summed E-state index contributed by atoms with van der Waals surface area (Å²) in [5.41, 5.74) is 4.45. The average Bonchev–Trinajstić information content (AvgIpc) is 3.29. The fourth-order valence-electron chi connectivity index (χ4n) is 4.37. The van der Waals surface area contributed by atoms with Gasteiger partial charge < -0.3 is 15.7 Å². The van der Waals surface area contributed by atoms with Crippen molar-refractivity contribution in [2.24, 2.45) is 0 Å². The molecule has 32 heavy (non-hydrogen) atoms. The number of aryl methyl sites for hydroxylation is 2. The van der Waals surface area contributed by atoms with E-state index in [-0.39, 0.29) is 12.5 Å². The van der Waals surface area contributed by atoms with E-state index in [9.17, 15) is 13.9 Å². The number of anilines is 1. The Labute approximate surface area is 191 Å². The Bertz CT molecular complexity index is 1010. The van der Waals surface area contributed by atoms with Gasteiger partial charge in [-0.3, -0.25) is 0 Å². The van der Waals surface area contributed by atoms with Crippen molar-refractivity contribution in [3.8, 4) is 0 Å². The van der Waals surface area contributed by atoms with E-state index in [1.165, 1.54) is 28.8 Å². The summed E-state index contributed by atoms with van der Waals surface area (Å²) < 4.78 is 35.5. The van der Waals surface area contributed by atoms with Crippen LogP contribution in [0, 0.1) is 11.6 Å². The van der Waals surface area contributed by atoms with Gasteiger partial charge in [-0.15, -0.1) is 0 Å². The first kappa shape index (κ1) is 22.8. The highest BCUT2D eigenvalue weighted by Crippen LogP contribution is 2.30. The molecule has 3 aromatic rings. The Morgan fingerprint density at radius 1 is 1.16 bits per heavy atom. The number of halogens is 2.